The van der Waals surface area contributed by atoms with E-state index < -0.39 is 0 Å². The van der Waals surface area contributed by atoms with Crippen molar-refractivity contribution in [3.05, 3.63) is 41.5 Å². The molecule has 1 aliphatic heterocycles. The first kappa shape index (κ1) is 15.5. The normalized spacial score (nSPS) is 17.2. The van der Waals surface area contributed by atoms with Crippen molar-refractivity contribution < 1.29 is 14.1 Å². The van der Waals surface area contributed by atoms with Crippen LogP contribution in [0.3, 0.4) is 0 Å². The fourth-order valence-electron chi connectivity index (χ4n) is 2.64. The molecule has 1 aromatic heterocycles. The predicted molar refractivity (Wildman–Crippen MR) is 83.2 cm³/mol. The van der Waals surface area contributed by atoms with Gasteiger partial charge in [0.25, 0.3) is 5.91 Å². The zero-order valence-electron chi connectivity index (χ0n) is 13.3. The second-order valence-electron chi connectivity index (χ2n) is 5.58. The molecule has 1 unspecified atom stereocenters. The Bertz CT molecular complexity index is 679. The number of likely N-dealkylation sites (N-methyl/N-ethyl adjacent to an activating group) is 1. The van der Waals surface area contributed by atoms with Crippen molar-refractivity contribution in [1.29, 1.82) is 0 Å². The van der Waals surface area contributed by atoms with Gasteiger partial charge in [0.2, 0.25) is 11.7 Å². The van der Waals surface area contributed by atoms with Gasteiger partial charge in [-0.1, -0.05) is 17.3 Å². The minimum atomic E-state index is -0.0430. The molecule has 3 rings (SSSR count). The molecule has 1 aromatic carbocycles. The topological polar surface area (TPSA) is 80.5 Å². The molecule has 122 valence electrons. The van der Waals surface area contributed by atoms with Crippen LogP contribution in [0.15, 0.2) is 28.8 Å². The average molecular weight is 316 g/mol. The number of nitrogens with one attached hydrogen (secondary N) is 1. The Morgan fingerprint density at radius 2 is 2.30 bits per heavy atom. The molecule has 0 saturated carbocycles. The third-order valence-electron chi connectivity index (χ3n) is 3.95. The quantitative estimate of drug-likeness (QED) is 0.898. The highest BCUT2D eigenvalue weighted by atomic mass is 16.5. The van der Waals surface area contributed by atoms with Crippen LogP contribution >= 0.6 is 0 Å². The fraction of sp³-hybridized carbons (Fsp3) is 0.438. The lowest BCUT2D eigenvalue weighted by atomic mass is 10.1. The Hall–Kier alpha value is -2.41. The van der Waals surface area contributed by atoms with Gasteiger partial charge in [-0.2, -0.15) is 4.98 Å². The van der Waals surface area contributed by atoms with E-state index in [-0.39, 0.29) is 18.6 Å². The third-order valence-corrected chi connectivity index (χ3v) is 3.95. The summed E-state index contributed by atoms with van der Waals surface area (Å²) in [4.78, 5) is 18.6. The SMILES string of the molecule is Cc1nc(COc2ccccc2C(=O)N(C)C2CCNC2)no1. The summed E-state index contributed by atoms with van der Waals surface area (Å²) in [6.45, 7) is 3.65. The number of benzene rings is 1. The lowest BCUT2D eigenvalue weighted by Crippen LogP contribution is -2.38. The minimum Gasteiger partial charge on any atom is -0.485 e. The van der Waals surface area contributed by atoms with Crippen LogP contribution in [0.5, 0.6) is 5.75 Å². The van der Waals surface area contributed by atoms with Crippen LogP contribution in [0.2, 0.25) is 0 Å². The Morgan fingerprint density at radius 1 is 1.48 bits per heavy atom. The van der Waals surface area contributed by atoms with Crippen LogP contribution in [-0.2, 0) is 6.61 Å². The van der Waals surface area contributed by atoms with Gasteiger partial charge in [0.15, 0.2) is 6.61 Å². The molecule has 1 aliphatic rings. The van der Waals surface area contributed by atoms with Crippen molar-refractivity contribution in [2.24, 2.45) is 0 Å². The third kappa shape index (κ3) is 3.50. The van der Waals surface area contributed by atoms with Crippen molar-refractivity contribution in [3.63, 3.8) is 0 Å². The second kappa shape index (κ2) is 6.78. The molecular weight excluding hydrogens is 296 g/mol. The smallest absolute Gasteiger partial charge is 0.257 e. The van der Waals surface area contributed by atoms with Crippen LogP contribution in [0, 0.1) is 6.92 Å². The van der Waals surface area contributed by atoms with Crippen LogP contribution in [0.25, 0.3) is 0 Å². The van der Waals surface area contributed by atoms with E-state index in [2.05, 4.69) is 15.5 Å². The number of amides is 1. The molecule has 0 spiro atoms. The van der Waals surface area contributed by atoms with Gasteiger partial charge in [0.1, 0.15) is 5.75 Å². The van der Waals surface area contributed by atoms with Gasteiger partial charge < -0.3 is 19.5 Å². The molecule has 1 N–H and O–H groups in total. The molecule has 1 saturated heterocycles. The molecule has 2 aromatic rings. The highest BCUT2D eigenvalue weighted by Crippen LogP contribution is 2.22. The maximum absolute atomic E-state index is 12.7. The first-order valence-electron chi connectivity index (χ1n) is 7.64. The van der Waals surface area contributed by atoms with E-state index in [9.17, 15) is 4.79 Å². The molecule has 7 heteroatoms. The summed E-state index contributed by atoms with van der Waals surface area (Å²) in [5.41, 5.74) is 0.544. The maximum Gasteiger partial charge on any atom is 0.257 e. The number of hydrogen-bond donors (Lipinski definition) is 1. The molecular formula is C16H20N4O3. The van der Waals surface area contributed by atoms with E-state index >= 15 is 0 Å². The summed E-state index contributed by atoms with van der Waals surface area (Å²) in [6, 6.07) is 7.44. The minimum absolute atomic E-state index is 0.0430. The van der Waals surface area contributed by atoms with Gasteiger partial charge in [-0.15, -0.1) is 0 Å². The van der Waals surface area contributed by atoms with Gasteiger partial charge in [-0.05, 0) is 25.1 Å². The molecule has 0 radical (unpaired) electrons. The van der Waals surface area contributed by atoms with Gasteiger partial charge in [-0.3, -0.25) is 4.79 Å². The van der Waals surface area contributed by atoms with Gasteiger partial charge in [-0.25, -0.2) is 0 Å². The van der Waals surface area contributed by atoms with Gasteiger partial charge >= 0.3 is 0 Å². The number of carbonyl (C=O) groups is 1. The lowest BCUT2D eigenvalue weighted by Gasteiger charge is -2.24. The van der Waals surface area contributed by atoms with Crippen molar-refractivity contribution in [3.8, 4) is 5.75 Å². The summed E-state index contributed by atoms with van der Waals surface area (Å²) in [5.74, 6) is 1.43. The van der Waals surface area contributed by atoms with Crippen LogP contribution in [-0.4, -0.2) is 47.1 Å². The van der Waals surface area contributed by atoms with Crippen molar-refractivity contribution in [2.45, 2.75) is 26.0 Å². The van der Waals surface area contributed by atoms with Gasteiger partial charge in [0.05, 0.1) is 5.56 Å². The number of aromatic nitrogens is 2. The van der Waals surface area contributed by atoms with E-state index in [1.54, 1.807) is 24.0 Å². The fourth-order valence-corrected chi connectivity index (χ4v) is 2.64. The maximum atomic E-state index is 12.7. The average Bonchev–Trinajstić information content (AvgIpc) is 3.23. The number of nitrogens with zero attached hydrogens (tertiary/aromatic N) is 3. The molecule has 7 nitrogen and oxygen atoms in total. The first-order chi connectivity index (χ1) is 11.1. The Labute approximate surface area is 134 Å². The summed E-state index contributed by atoms with van der Waals surface area (Å²) >= 11 is 0. The molecule has 0 bridgehead atoms. The van der Waals surface area contributed by atoms with E-state index in [0.717, 1.165) is 19.5 Å². The molecule has 1 atom stereocenters. The van der Waals surface area contributed by atoms with E-state index in [1.807, 2.05) is 19.2 Å². The monoisotopic (exact) mass is 316 g/mol. The lowest BCUT2D eigenvalue weighted by molar-refractivity contribution is 0.0738. The summed E-state index contributed by atoms with van der Waals surface area (Å²) in [7, 11) is 1.83. The van der Waals surface area contributed by atoms with Crippen molar-refractivity contribution >= 4 is 5.91 Å². The number of para-hydroxylation sites is 1. The second-order valence-corrected chi connectivity index (χ2v) is 5.58. The standard InChI is InChI=1S/C16H20N4O3/c1-11-18-15(19-23-11)10-22-14-6-4-3-5-13(14)16(21)20(2)12-7-8-17-9-12/h3-6,12,17H,7-10H2,1-2H3. The first-order valence-corrected chi connectivity index (χ1v) is 7.64. The van der Waals surface area contributed by atoms with E-state index in [4.69, 9.17) is 9.26 Å². The Kier molecular flexibility index (Phi) is 4.57. The Morgan fingerprint density at radius 3 is 3.00 bits per heavy atom. The number of ether oxygens (including phenoxy) is 1. The molecule has 23 heavy (non-hydrogen) atoms. The number of carbonyl (C=O) groups excluding carboxylic acids is 1. The number of aryl methyl sites for hydroxylation is 1. The summed E-state index contributed by atoms with van der Waals surface area (Å²) in [6.07, 6.45) is 0.966. The van der Waals surface area contributed by atoms with E-state index in [0.29, 0.717) is 23.0 Å². The highest BCUT2D eigenvalue weighted by Gasteiger charge is 2.25. The molecule has 2 heterocycles. The number of rotatable bonds is 5. The number of hydrogen-bond acceptors (Lipinski definition) is 6. The highest BCUT2D eigenvalue weighted by molar-refractivity contribution is 5.97. The summed E-state index contributed by atoms with van der Waals surface area (Å²) < 4.78 is 10.6. The van der Waals surface area contributed by atoms with Crippen LogP contribution in [0.1, 0.15) is 28.5 Å². The van der Waals surface area contributed by atoms with Crippen molar-refractivity contribution in [2.75, 3.05) is 20.1 Å². The molecule has 0 aliphatic carbocycles. The molecule has 1 amide bonds. The summed E-state index contributed by atoms with van der Waals surface area (Å²) in [5, 5.41) is 7.06. The van der Waals surface area contributed by atoms with Gasteiger partial charge in [0, 0.05) is 26.6 Å². The van der Waals surface area contributed by atoms with Crippen LogP contribution in [0.4, 0.5) is 0 Å². The van der Waals surface area contributed by atoms with E-state index in [1.165, 1.54) is 0 Å². The van der Waals surface area contributed by atoms with Crippen LogP contribution < -0.4 is 10.1 Å². The Balaban J connectivity index is 1.72. The van der Waals surface area contributed by atoms with Crippen molar-refractivity contribution in [1.82, 2.24) is 20.4 Å². The predicted octanol–water partition coefficient (Wildman–Crippen LogP) is 1.39. The zero-order chi connectivity index (χ0) is 16.2. The zero-order valence-corrected chi connectivity index (χ0v) is 13.3. The molecule has 1 fully saturated rings. The largest absolute Gasteiger partial charge is 0.485 e.